The number of hydrogen-bond donors (Lipinski definition) is 1. The predicted octanol–water partition coefficient (Wildman–Crippen LogP) is 1.40. The largest absolute Gasteiger partial charge is 0.378 e. The minimum absolute atomic E-state index is 0.597. The molecule has 0 bridgehead atoms. The molecule has 1 N–H and O–H groups in total. The minimum atomic E-state index is 0.597. The number of thiazole rings is 1. The van der Waals surface area contributed by atoms with Crippen LogP contribution in [-0.2, 0) is 17.9 Å². The zero-order chi connectivity index (χ0) is 10.2. The molecule has 0 aliphatic carbocycles. The van der Waals surface area contributed by atoms with Crippen molar-refractivity contribution in [1.29, 1.82) is 0 Å². The first kappa shape index (κ1) is 11.2. The Bertz CT molecular complexity index is 324. The molecule has 0 amide bonds. The SMILES string of the molecule is CC#CCNCc1csc(COC)n1. The highest BCUT2D eigenvalue weighted by Gasteiger charge is 1.99. The van der Waals surface area contributed by atoms with Crippen molar-refractivity contribution in [3.63, 3.8) is 0 Å². The summed E-state index contributed by atoms with van der Waals surface area (Å²) >= 11 is 1.63. The summed E-state index contributed by atoms with van der Waals surface area (Å²) in [5.74, 6) is 5.77. The van der Waals surface area contributed by atoms with Crippen LogP contribution in [0.15, 0.2) is 5.38 Å². The highest BCUT2D eigenvalue weighted by Crippen LogP contribution is 2.09. The molecule has 0 saturated carbocycles. The standard InChI is InChI=1S/C10H14N2OS/c1-3-4-5-11-6-9-8-14-10(12-9)7-13-2/h8,11H,5-7H2,1-2H3. The predicted molar refractivity (Wildman–Crippen MR) is 58.0 cm³/mol. The van der Waals surface area contributed by atoms with Crippen LogP contribution in [0.5, 0.6) is 0 Å². The first-order chi connectivity index (χ1) is 6.86. The lowest BCUT2D eigenvalue weighted by Gasteiger charge is -1.95. The second-order valence-corrected chi connectivity index (χ2v) is 3.64. The normalized spacial score (nSPS) is 9.57. The number of nitrogens with zero attached hydrogens (tertiary/aromatic N) is 1. The molecule has 0 unspecified atom stereocenters. The van der Waals surface area contributed by atoms with E-state index < -0.39 is 0 Å². The van der Waals surface area contributed by atoms with E-state index >= 15 is 0 Å². The Labute approximate surface area is 88.5 Å². The molecule has 0 spiro atoms. The Kier molecular flexibility index (Phi) is 5.23. The monoisotopic (exact) mass is 210 g/mol. The molecule has 1 aromatic heterocycles. The molecule has 76 valence electrons. The maximum atomic E-state index is 4.99. The third-order valence-corrected chi connectivity index (χ3v) is 2.43. The topological polar surface area (TPSA) is 34.1 Å². The number of aromatic nitrogens is 1. The van der Waals surface area contributed by atoms with E-state index in [1.165, 1.54) is 0 Å². The van der Waals surface area contributed by atoms with Gasteiger partial charge in [0.2, 0.25) is 0 Å². The number of nitrogens with one attached hydrogen (secondary N) is 1. The summed E-state index contributed by atoms with van der Waals surface area (Å²) < 4.78 is 4.99. The van der Waals surface area contributed by atoms with Gasteiger partial charge in [0.1, 0.15) is 5.01 Å². The van der Waals surface area contributed by atoms with Gasteiger partial charge in [-0.15, -0.1) is 17.3 Å². The van der Waals surface area contributed by atoms with Gasteiger partial charge in [0.15, 0.2) is 0 Å². The summed E-state index contributed by atoms with van der Waals surface area (Å²) in [6.07, 6.45) is 0. The Morgan fingerprint density at radius 3 is 3.21 bits per heavy atom. The van der Waals surface area contributed by atoms with Gasteiger partial charge in [-0.05, 0) is 6.92 Å². The van der Waals surface area contributed by atoms with Gasteiger partial charge in [-0.25, -0.2) is 4.98 Å². The lowest BCUT2D eigenvalue weighted by atomic mass is 10.4. The van der Waals surface area contributed by atoms with E-state index in [1.54, 1.807) is 18.4 Å². The molecule has 0 saturated heterocycles. The summed E-state index contributed by atoms with van der Waals surface area (Å²) in [4.78, 5) is 4.38. The fourth-order valence-electron chi connectivity index (χ4n) is 0.961. The van der Waals surface area contributed by atoms with E-state index in [2.05, 4.69) is 22.1 Å². The number of rotatable bonds is 5. The van der Waals surface area contributed by atoms with Gasteiger partial charge in [-0.2, -0.15) is 0 Å². The molecular formula is C10H14N2OS. The van der Waals surface area contributed by atoms with Crippen LogP contribution in [0.1, 0.15) is 17.6 Å². The lowest BCUT2D eigenvalue weighted by Crippen LogP contribution is -2.13. The molecule has 14 heavy (non-hydrogen) atoms. The molecular weight excluding hydrogens is 196 g/mol. The first-order valence-electron chi connectivity index (χ1n) is 4.39. The van der Waals surface area contributed by atoms with Gasteiger partial charge >= 0.3 is 0 Å². The smallest absolute Gasteiger partial charge is 0.119 e. The van der Waals surface area contributed by atoms with E-state index in [4.69, 9.17) is 4.74 Å². The average Bonchev–Trinajstić information content (AvgIpc) is 2.61. The Morgan fingerprint density at radius 1 is 1.64 bits per heavy atom. The van der Waals surface area contributed by atoms with Crippen molar-refractivity contribution in [2.45, 2.75) is 20.1 Å². The molecule has 0 aromatic carbocycles. The fourth-order valence-corrected chi connectivity index (χ4v) is 1.73. The summed E-state index contributed by atoms with van der Waals surface area (Å²) in [5, 5.41) is 6.25. The molecule has 3 nitrogen and oxygen atoms in total. The van der Waals surface area contributed by atoms with Crippen molar-refractivity contribution in [3.05, 3.63) is 16.1 Å². The molecule has 1 heterocycles. The quantitative estimate of drug-likeness (QED) is 0.589. The van der Waals surface area contributed by atoms with Crippen molar-refractivity contribution < 1.29 is 4.74 Å². The Morgan fingerprint density at radius 2 is 2.50 bits per heavy atom. The van der Waals surface area contributed by atoms with E-state index in [-0.39, 0.29) is 0 Å². The first-order valence-corrected chi connectivity index (χ1v) is 5.27. The van der Waals surface area contributed by atoms with Crippen LogP contribution in [-0.4, -0.2) is 18.6 Å². The van der Waals surface area contributed by atoms with Crippen molar-refractivity contribution in [2.75, 3.05) is 13.7 Å². The molecule has 1 aromatic rings. The fraction of sp³-hybridized carbons (Fsp3) is 0.500. The molecule has 0 radical (unpaired) electrons. The van der Waals surface area contributed by atoms with E-state index in [0.717, 1.165) is 17.2 Å². The second kappa shape index (κ2) is 6.55. The highest BCUT2D eigenvalue weighted by molar-refractivity contribution is 7.09. The van der Waals surface area contributed by atoms with Crippen molar-refractivity contribution >= 4 is 11.3 Å². The van der Waals surface area contributed by atoms with Gasteiger partial charge in [0.05, 0.1) is 18.8 Å². The van der Waals surface area contributed by atoms with Gasteiger partial charge in [0, 0.05) is 19.0 Å². The maximum Gasteiger partial charge on any atom is 0.119 e. The molecule has 1 rings (SSSR count). The Hall–Kier alpha value is -0.890. The average molecular weight is 210 g/mol. The number of methoxy groups -OCH3 is 1. The van der Waals surface area contributed by atoms with Crippen LogP contribution in [0.4, 0.5) is 0 Å². The van der Waals surface area contributed by atoms with Crippen LogP contribution in [0, 0.1) is 11.8 Å². The van der Waals surface area contributed by atoms with Crippen molar-refractivity contribution in [3.8, 4) is 11.8 Å². The van der Waals surface area contributed by atoms with Crippen LogP contribution in [0.2, 0.25) is 0 Å². The van der Waals surface area contributed by atoms with Crippen LogP contribution < -0.4 is 5.32 Å². The van der Waals surface area contributed by atoms with E-state index in [0.29, 0.717) is 13.2 Å². The number of hydrogen-bond acceptors (Lipinski definition) is 4. The zero-order valence-corrected chi connectivity index (χ0v) is 9.28. The molecule has 0 aliphatic heterocycles. The van der Waals surface area contributed by atoms with E-state index in [1.807, 2.05) is 12.3 Å². The van der Waals surface area contributed by atoms with Gasteiger partial charge in [0.25, 0.3) is 0 Å². The summed E-state index contributed by atoms with van der Waals surface area (Å²) in [5.41, 5.74) is 1.06. The minimum Gasteiger partial charge on any atom is -0.378 e. The van der Waals surface area contributed by atoms with Crippen molar-refractivity contribution in [2.24, 2.45) is 0 Å². The van der Waals surface area contributed by atoms with Gasteiger partial charge in [-0.1, -0.05) is 5.92 Å². The maximum absolute atomic E-state index is 4.99. The molecule has 0 aliphatic rings. The van der Waals surface area contributed by atoms with Gasteiger partial charge in [-0.3, -0.25) is 0 Å². The number of ether oxygens (including phenoxy) is 1. The van der Waals surface area contributed by atoms with Crippen LogP contribution in [0.25, 0.3) is 0 Å². The third kappa shape index (κ3) is 3.88. The van der Waals surface area contributed by atoms with Gasteiger partial charge < -0.3 is 10.1 Å². The summed E-state index contributed by atoms with van der Waals surface area (Å²) in [6, 6.07) is 0. The lowest BCUT2D eigenvalue weighted by molar-refractivity contribution is 0.184. The summed E-state index contributed by atoms with van der Waals surface area (Å²) in [7, 11) is 1.68. The molecule has 0 fully saturated rings. The third-order valence-electron chi connectivity index (χ3n) is 1.56. The molecule has 0 atom stereocenters. The molecule has 4 heteroatoms. The van der Waals surface area contributed by atoms with Crippen molar-refractivity contribution in [1.82, 2.24) is 10.3 Å². The highest BCUT2D eigenvalue weighted by atomic mass is 32.1. The second-order valence-electron chi connectivity index (χ2n) is 2.70. The van der Waals surface area contributed by atoms with Crippen LogP contribution in [0.3, 0.4) is 0 Å². The zero-order valence-electron chi connectivity index (χ0n) is 8.46. The van der Waals surface area contributed by atoms with E-state index in [9.17, 15) is 0 Å². The van der Waals surface area contributed by atoms with Crippen LogP contribution >= 0.6 is 11.3 Å². The Balaban J connectivity index is 2.31. The summed E-state index contributed by atoms with van der Waals surface area (Å²) in [6.45, 7) is 3.92.